The van der Waals surface area contributed by atoms with E-state index in [1.165, 1.54) is 0 Å². The van der Waals surface area contributed by atoms with Crippen LogP contribution in [0.4, 0.5) is 0 Å². The standard InChI is InChI=1S/Mo.HO2P/c;1-3-2/h;3H/p+1. The van der Waals surface area contributed by atoms with Crippen molar-refractivity contribution in [3.63, 3.8) is 0 Å². The molecule has 0 aromatic carbocycles. The Labute approximate surface area is 39.8 Å². The first-order valence-corrected chi connectivity index (χ1v) is 1.28. The van der Waals surface area contributed by atoms with Crippen LogP contribution in [0, 0.1) is 0 Å². The van der Waals surface area contributed by atoms with E-state index in [9.17, 15) is 0 Å². The van der Waals surface area contributed by atoms with Crippen LogP contribution in [-0.4, -0.2) is 4.89 Å². The van der Waals surface area contributed by atoms with Gasteiger partial charge in [-0.1, -0.05) is 0 Å². The van der Waals surface area contributed by atoms with E-state index in [1.807, 2.05) is 0 Å². The Kier molecular flexibility index (Phi) is 20.5. The molecule has 0 aliphatic rings. The van der Waals surface area contributed by atoms with E-state index in [0.29, 0.717) is 0 Å². The molecular formula is H2MoO2P+. The molecule has 0 bridgehead atoms. The Morgan fingerprint density at radius 1 is 1.75 bits per heavy atom. The molecule has 0 aromatic heterocycles. The van der Waals surface area contributed by atoms with Crippen molar-refractivity contribution in [2.45, 2.75) is 0 Å². The predicted molar refractivity (Wildman–Crippen MR) is 11.2 cm³/mol. The minimum Gasteiger partial charge on any atom is -0.162 e. The molecule has 0 fully saturated rings. The van der Waals surface area contributed by atoms with Gasteiger partial charge in [0, 0.05) is 21.1 Å². The Balaban J connectivity index is 0. The van der Waals surface area contributed by atoms with Gasteiger partial charge in [-0.05, 0) is 4.57 Å². The molecule has 0 rings (SSSR count). The quantitative estimate of drug-likeness (QED) is 0.398. The summed E-state index contributed by atoms with van der Waals surface area (Å²) in [6.45, 7) is 0. The van der Waals surface area contributed by atoms with Crippen LogP contribution in [0.3, 0.4) is 0 Å². The summed E-state index contributed by atoms with van der Waals surface area (Å²) in [5.41, 5.74) is 0. The fourth-order valence-electron chi connectivity index (χ4n) is 0. The maximum atomic E-state index is 8.51. The zero-order valence-corrected chi connectivity index (χ0v) is 4.77. The first kappa shape index (κ1) is 8.83. The average Bonchev–Trinajstić information content (AvgIpc) is 0.918. The van der Waals surface area contributed by atoms with Crippen LogP contribution in [-0.2, 0) is 25.6 Å². The molecular weight excluding hydrogens is 159 g/mol. The van der Waals surface area contributed by atoms with Gasteiger partial charge < -0.3 is 0 Å². The van der Waals surface area contributed by atoms with Gasteiger partial charge in [0.15, 0.2) is 0 Å². The normalized spacial score (nSPS) is 5.25. The third-order valence-corrected chi connectivity index (χ3v) is 0. The van der Waals surface area contributed by atoms with Crippen molar-refractivity contribution in [1.82, 2.24) is 0 Å². The third-order valence-electron chi connectivity index (χ3n) is 0. The van der Waals surface area contributed by atoms with E-state index < -0.39 is 8.69 Å². The minimum atomic E-state index is -1.17. The molecule has 4 heteroatoms. The Morgan fingerprint density at radius 3 is 1.75 bits per heavy atom. The SMILES string of the molecule is O=[PH+]O.[Mo]. The van der Waals surface area contributed by atoms with Gasteiger partial charge in [0.1, 0.15) is 0 Å². The summed E-state index contributed by atoms with van der Waals surface area (Å²) < 4.78 is 8.51. The van der Waals surface area contributed by atoms with E-state index in [1.54, 1.807) is 0 Å². The molecule has 4 heavy (non-hydrogen) atoms. The predicted octanol–water partition coefficient (Wildman–Crippen LogP) is -0.0848. The van der Waals surface area contributed by atoms with Crippen LogP contribution in [0.2, 0.25) is 0 Å². The molecule has 1 N–H and O–H groups in total. The Bertz CT molecular complexity index is 13.5. The molecule has 1 unspecified atom stereocenters. The van der Waals surface area contributed by atoms with E-state index in [-0.39, 0.29) is 21.1 Å². The monoisotopic (exact) mass is 163 g/mol. The topological polar surface area (TPSA) is 37.3 Å². The van der Waals surface area contributed by atoms with Crippen molar-refractivity contribution in [3.8, 4) is 0 Å². The fraction of sp³-hybridized carbons (Fsp3) is 0. The maximum Gasteiger partial charge on any atom is 0.491 e. The zero-order chi connectivity index (χ0) is 2.71. The van der Waals surface area contributed by atoms with E-state index >= 15 is 0 Å². The second kappa shape index (κ2) is 9.26. The van der Waals surface area contributed by atoms with Crippen molar-refractivity contribution in [1.29, 1.82) is 0 Å². The summed E-state index contributed by atoms with van der Waals surface area (Å²) >= 11 is 0. The van der Waals surface area contributed by atoms with Gasteiger partial charge in [-0.15, -0.1) is 0 Å². The van der Waals surface area contributed by atoms with Gasteiger partial charge in [0.25, 0.3) is 0 Å². The fourth-order valence-corrected chi connectivity index (χ4v) is 0. The van der Waals surface area contributed by atoms with E-state index in [2.05, 4.69) is 0 Å². The smallest absolute Gasteiger partial charge is 0.162 e. The molecule has 0 aliphatic carbocycles. The summed E-state index contributed by atoms with van der Waals surface area (Å²) in [6.07, 6.45) is 0. The molecule has 0 saturated heterocycles. The Morgan fingerprint density at radius 2 is 1.75 bits per heavy atom. The van der Waals surface area contributed by atoms with Crippen LogP contribution in [0.1, 0.15) is 0 Å². The van der Waals surface area contributed by atoms with Crippen LogP contribution in [0.25, 0.3) is 0 Å². The van der Waals surface area contributed by atoms with E-state index in [0.717, 1.165) is 0 Å². The van der Waals surface area contributed by atoms with Crippen molar-refractivity contribution in [3.05, 3.63) is 0 Å². The molecule has 2 nitrogen and oxygen atoms in total. The van der Waals surface area contributed by atoms with Gasteiger partial charge in [0.05, 0.1) is 0 Å². The molecule has 0 heterocycles. The summed E-state index contributed by atoms with van der Waals surface area (Å²) in [5, 5.41) is 0. The second-order valence-corrected chi connectivity index (χ2v) is 0.274. The molecule has 0 aromatic rings. The minimum absolute atomic E-state index is 0. The van der Waals surface area contributed by atoms with Gasteiger partial charge in [-0.3, -0.25) is 0 Å². The summed E-state index contributed by atoms with van der Waals surface area (Å²) in [6, 6.07) is 0. The van der Waals surface area contributed by atoms with Gasteiger partial charge in [-0.2, -0.15) is 4.89 Å². The largest absolute Gasteiger partial charge is 0.491 e. The number of hydrogen-bond acceptors (Lipinski definition) is 1. The summed E-state index contributed by atoms with van der Waals surface area (Å²) in [7, 11) is -1.17. The molecule has 0 saturated carbocycles. The Hall–Kier alpha value is 0.748. The first-order chi connectivity index (χ1) is 1.41. The van der Waals surface area contributed by atoms with Crippen molar-refractivity contribution >= 4 is 8.69 Å². The van der Waals surface area contributed by atoms with Gasteiger partial charge in [0.2, 0.25) is 0 Å². The summed E-state index contributed by atoms with van der Waals surface area (Å²) in [4.78, 5) is 7.04. The molecule has 1 atom stereocenters. The molecule has 24 valence electrons. The summed E-state index contributed by atoms with van der Waals surface area (Å²) in [5.74, 6) is 0. The van der Waals surface area contributed by atoms with Crippen LogP contribution in [0.15, 0.2) is 0 Å². The number of hydrogen-bond donors (Lipinski definition) is 1. The van der Waals surface area contributed by atoms with Crippen molar-refractivity contribution < 1.29 is 30.5 Å². The average molecular weight is 161 g/mol. The van der Waals surface area contributed by atoms with Crippen LogP contribution in [0.5, 0.6) is 0 Å². The number of rotatable bonds is 0. The van der Waals surface area contributed by atoms with Crippen LogP contribution >= 0.6 is 8.69 Å². The van der Waals surface area contributed by atoms with Crippen LogP contribution < -0.4 is 0 Å². The van der Waals surface area contributed by atoms with E-state index in [4.69, 9.17) is 9.46 Å². The molecule has 0 radical (unpaired) electrons. The zero-order valence-electron chi connectivity index (χ0n) is 1.76. The molecule has 0 aliphatic heterocycles. The van der Waals surface area contributed by atoms with Gasteiger partial charge in [-0.25, -0.2) is 0 Å². The third kappa shape index (κ3) is 15.0. The molecule has 0 amide bonds. The maximum absolute atomic E-state index is 8.51. The van der Waals surface area contributed by atoms with Crippen molar-refractivity contribution in [2.24, 2.45) is 0 Å². The molecule has 0 spiro atoms. The second-order valence-electron chi connectivity index (χ2n) is 0.0913. The first-order valence-electron chi connectivity index (χ1n) is 0.428. The van der Waals surface area contributed by atoms with Crippen molar-refractivity contribution in [2.75, 3.05) is 0 Å². The van der Waals surface area contributed by atoms with Gasteiger partial charge >= 0.3 is 8.69 Å².